The lowest BCUT2D eigenvalue weighted by atomic mass is 9.92. The van der Waals surface area contributed by atoms with Gasteiger partial charge in [0.2, 0.25) is 0 Å². The van der Waals surface area contributed by atoms with E-state index in [0.29, 0.717) is 5.54 Å². The number of hydrogen-bond acceptors (Lipinski definition) is 2. The number of nitrogens with one attached hydrogen (secondary N) is 1. The van der Waals surface area contributed by atoms with Gasteiger partial charge in [0.05, 0.1) is 0 Å². The van der Waals surface area contributed by atoms with Crippen molar-refractivity contribution in [3.63, 3.8) is 0 Å². The summed E-state index contributed by atoms with van der Waals surface area (Å²) in [7, 11) is 0. The summed E-state index contributed by atoms with van der Waals surface area (Å²) in [4.78, 5) is 2.70. The highest BCUT2D eigenvalue weighted by Gasteiger charge is 2.35. The van der Waals surface area contributed by atoms with E-state index in [4.69, 9.17) is 0 Å². The minimum atomic E-state index is 0.472. The normalized spacial score (nSPS) is 38.3. The number of hydrogen-bond donors (Lipinski definition) is 1. The first-order valence-electron chi connectivity index (χ1n) is 5.66. The Kier molecular flexibility index (Phi) is 2.61. The third kappa shape index (κ3) is 1.89. The summed E-state index contributed by atoms with van der Waals surface area (Å²) >= 11 is 0. The SMILES string of the molecule is CC1CCN(C2(C)CCNC2)CC1. The first-order valence-corrected chi connectivity index (χ1v) is 5.66. The van der Waals surface area contributed by atoms with Gasteiger partial charge in [-0.25, -0.2) is 0 Å². The van der Waals surface area contributed by atoms with E-state index in [1.165, 1.54) is 45.4 Å². The van der Waals surface area contributed by atoms with E-state index in [9.17, 15) is 0 Å². The van der Waals surface area contributed by atoms with Gasteiger partial charge in [0.25, 0.3) is 0 Å². The van der Waals surface area contributed by atoms with Crippen LogP contribution in [-0.2, 0) is 0 Å². The van der Waals surface area contributed by atoms with Crippen molar-refractivity contribution in [2.75, 3.05) is 26.2 Å². The summed E-state index contributed by atoms with van der Waals surface area (Å²) in [5, 5.41) is 3.48. The highest BCUT2D eigenvalue weighted by atomic mass is 15.2. The van der Waals surface area contributed by atoms with E-state index in [1.807, 2.05) is 0 Å². The fourth-order valence-electron chi connectivity index (χ4n) is 2.62. The van der Waals surface area contributed by atoms with Crippen molar-refractivity contribution in [2.24, 2.45) is 5.92 Å². The Bertz CT molecular complexity index is 165. The van der Waals surface area contributed by atoms with Gasteiger partial charge in [-0.2, -0.15) is 0 Å². The molecule has 2 nitrogen and oxygen atoms in total. The van der Waals surface area contributed by atoms with Crippen LogP contribution in [0.5, 0.6) is 0 Å². The first kappa shape index (κ1) is 9.47. The summed E-state index contributed by atoms with van der Waals surface area (Å²) in [6.07, 6.45) is 4.13. The van der Waals surface area contributed by atoms with Gasteiger partial charge in [-0.15, -0.1) is 0 Å². The summed E-state index contributed by atoms with van der Waals surface area (Å²) in [6.45, 7) is 9.85. The summed E-state index contributed by atoms with van der Waals surface area (Å²) in [5.74, 6) is 0.953. The Morgan fingerprint density at radius 3 is 2.54 bits per heavy atom. The molecule has 1 atom stereocenters. The molecule has 0 aromatic heterocycles. The zero-order valence-corrected chi connectivity index (χ0v) is 8.97. The van der Waals surface area contributed by atoms with Gasteiger partial charge in [-0.1, -0.05) is 6.92 Å². The van der Waals surface area contributed by atoms with Crippen molar-refractivity contribution >= 4 is 0 Å². The van der Waals surface area contributed by atoms with Crippen LogP contribution in [0.25, 0.3) is 0 Å². The monoisotopic (exact) mass is 182 g/mol. The number of nitrogens with zero attached hydrogens (tertiary/aromatic N) is 1. The van der Waals surface area contributed by atoms with E-state index in [2.05, 4.69) is 24.1 Å². The predicted octanol–water partition coefficient (Wildman–Crippen LogP) is 1.47. The van der Waals surface area contributed by atoms with Gasteiger partial charge in [-0.05, 0) is 51.7 Å². The Hall–Kier alpha value is -0.0800. The lowest BCUT2D eigenvalue weighted by molar-refractivity contribution is 0.0791. The Morgan fingerprint density at radius 2 is 2.00 bits per heavy atom. The average Bonchev–Trinajstić information content (AvgIpc) is 2.54. The molecule has 0 amide bonds. The minimum absolute atomic E-state index is 0.472. The fourth-order valence-corrected chi connectivity index (χ4v) is 2.62. The molecule has 0 bridgehead atoms. The van der Waals surface area contributed by atoms with Crippen LogP contribution in [0.1, 0.15) is 33.1 Å². The molecular formula is C11H22N2. The number of piperidine rings is 1. The quantitative estimate of drug-likeness (QED) is 0.660. The standard InChI is InChI=1S/C11H22N2/c1-10-3-7-13(8-4-10)11(2)5-6-12-9-11/h10,12H,3-9H2,1-2H3. The molecule has 2 aliphatic heterocycles. The molecule has 0 aromatic rings. The fraction of sp³-hybridized carbons (Fsp3) is 1.00. The largest absolute Gasteiger partial charge is 0.315 e. The van der Waals surface area contributed by atoms with Crippen LogP contribution in [0.2, 0.25) is 0 Å². The zero-order valence-electron chi connectivity index (χ0n) is 8.97. The Balaban J connectivity index is 1.93. The lowest BCUT2D eigenvalue weighted by Crippen LogP contribution is -2.51. The average molecular weight is 182 g/mol. The van der Waals surface area contributed by atoms with Crippen LogP contribution < -0.4 is 5.32 Å². The molecule has 0 radical (unpaired) electrons. The van der Waals surface area contributed by atoms with Crippen molar-refractivity contribution in [3.8, 4) is 0 Å². The van der Waals surface area contributed by atoms with Crippen LogP contribution >= 0.6 is 0 Å². The molecule has 1 unspecified atom stereocenters. The molecule has 2 aliphatic rings. The van der Waals surface area contributed by atoms with Crippen LogP contribution in [0.15, 0.2) is 0 Å². The lowest BCUT2D eigenvalue weighted by Gasteiger charge is -2.42. The topological polar surface area (TPSA) is 15.3 Å². The van der Waals surface area contributed by atoms with Crippen LogP contribution in [-0.4, -0.2) is 36.6 Å². The Labute approximate surface area is 81.7 Å². The zero-order chi connectivity index (χ0) is 9.31. The molecule has 2 rings (SSSR count). The molecule has 2 heterocycles. The maximum absolute atomic E-state index is 3.48. The van der Waals surface area contributed by atoms with E-state index < -0.39 is 0 Å². The Morgan fingerprint density at radius 1 is 1.31 bits per heavy atom. The molecule has 76 valence electrons. The molecule has 2 saturated heterocycles. The van der Waals surface area contributed by atoms with Gasteiger partial charge in [0.1, 0.15) is 0 Å². The van der Waals surface area contributed by atoms with Crippen molar-refractivity contribution in [1.82, 2.24) is 10.2 Å². The summed E-state index contributed by atoms with van der Waals surface area (Å²) in [6, 6.07) is 0. The maximum atomic E-state index is 3.48. The van der Waals surface area contributed by atoms with Gasteiger partial charge in [0, 0.05) is 12.1 Å². The number of likely N-dealkylation sites (tertiary alicyclic amines) is 1. The summed E-state index contributed by atoms with van der Waals surface area (Å²) in [5.41, 5.74) is 0.472. The second-order valence-electron chi connectivity index (χ2n) is 5.09. The van der Waals surface area contributed by atoms with Gasteiger partial charge in [0.15, 0.2) is 0 Å². The van der Waals surface area contributed by atoms with Crippen molar-refractivity contribution < 1.29 is 0 Å². The minimum Gasteiger partial charge on any atom is -0.315 e. The third-order valence-corrected chi connectivity index (χ3v) is 3.89. The predicted molar refractivity (Wildman–Crippen MR) is 55.9 cm³/mol. The molecule has 2 heteroatoms. The smallest absolute Gasteiger partial charge is 0.0317 e. The highest BCUT2D eigenvalue weighted by Crippen LogP contribution is 2.27. The first-order chi connectivity index (χ1) is 6.21. The molecule has 0 aromatic carbocycles. The van der Waals surface area contributed by atoms with Gasteiger partial charge >= 0.3 is 0 Å². The highest BCUT2D eigenvalue weighted by molar-refractivity contribution is 4.95. The van der Waals surface area contributed by atoms with E-state index >= 15 is 0 Å². The third-order valence-electron chi connectivity index (χ3n) is 3.89. The molecule has 13 heavy (non-hydrogen) atoms. The van der Waals surface area contributed by atoms with Crippen molar-refractivity contribution in [3.05, 3.63) is 0 Å². The van der Waals surface area contributed by atoms with Crippen LogP contribution in [0.4, 0.5) is 0 Å². The maximum Gasteiger partial charge on any atom is 0.0317 e. The van der Waals surface area contributed by atoms with Gasteiger partial charge < -0.3 is 5.32 Å². The van der Waals surface area contributed by atoms with E-state index in [0.717, 1.165) is 5.92 Å². The van der Waals surface area contributed by atoms with Gasteiger partial charge in [-0.3, -0.25) is 4.90 Å². The second-order valence-corrected chi connectivity index (χ2v) is 5.09. The van der Waals surface area contributed by atoms with E-state index in [1.54, 1.807) is 0 Å². The molecule has 0 saturated carbocycles. The molecule has 2 fully saturated rings. The van der Waals surface area contributed by atoms with Crippen LogP contribution in [0, 0.1) is 5.92 Å². The van der Waals surface area contributed by atoms with E-state index in [-0.39, 0.29) is 0 Å². The van der Waals surface area contributed by atoms with Crippen molar-refractivity contribution in [2.45, 2.75) is 38.6 Å². The molecular weight excluding hydrogens is 160 g/mol. The molecule has 0 aliphatic carbocycles. The van der Waals surface area contributed by atoms with Crippen LogP contribution in [0.3, 0.4) is 0 Å². The number of rotatable bonds is 1. The summed E-state index contributed by atoms with van der Waals surface area (Å²) < 4.78 is 0. The molecule has 0 spiro atoms. The molecule has 1 N–H and O–H groups in total. The van der Waals surface area contributed by atoms with Crippen molar-refractivity contribution in [1.29, 1.82) is 0 Å². The second kappa shape index (κ2) is 3.58.